The summed E-state index contributed by atoms with van der Waals surface area (Å²) in [6.07, 6.45) is 4.49. The first kappa shape index (κ1) is 20.6. The molecule has 3 aromatic rings. The molecule has 10 heteroatoms. The van der Waals surface area contributed by atoms with Gasteiger partial charge < -0.3 is 9.42 Å². The summed E-state index contributed by atoms with van der Waals surface area (Å²) in [6.45, 7) is 1.86. The number of benzene rings is 1. The summed E-state index contributed by atoms with van der Waals surface area (Å²) < 4.78 is 46.6. The highest BCUT2D eigenvalue weighted by Crippen LogP contribution is 2.35. The maximum Gasteiger partial charge on any atom is 0.252 e. The van der Waals surface area contributed by atoms with E-state index >= 15 is 0 Å². The zero-order valence-corrected chi connectivity index (χ0v) is 18.5. The summed E-state index contributed by atoms with van der Waals surface area (Å²) in [7, 11) is -3.59. The summed E-state index contributed by atoms with van der Waals surface area (Å²) in [5, 5.41) is 5.84. The van der Waals surface area contributed by atoms with Crippen LogP contribution in [0.5, 0.6) is 0 Å². The average molecular weight is 463 g/mol. The molecule has 2 aromatic heterocycles. The van der Waals surface area contributed by atoms with Gasteiger partial charge in [-0.05, 0) is 43.2 Å². The summed E-state index contributed by atoms with van der Waals surface area (Å²) in [5.74, 6) is 1.14. The highest BCUT2D eigenvalue weighted by molar-refractivity contribution is 7.91. The molecule has 1 saturated heterocycles. The molecule has 0 N–H and O–H groups in total. The van der Waals surface area contributed by atoms with Gasteiger partial charge in [0.2, 0.25) is 11.7 Å². The average Bonchev–Trinajstić information content (AvgIpc) is 3.55. The maximum atomic E-state index is 13.1. The van der Waals surface area contributed by atoms with Crippen molar-refractivity contribution in [1.82, 2.24) is 14.4 Å². The minimum atomic E-state index is -3.59. The van der Waals surface area contributed by atoms with Gasteiger partial charge in [0, 0.05) is 48.7 Å². The van der Waals surface area contributed by atoms with Crippen molar-refractivity contribution in [3.63, 3.8) is 0 Å². The molecular weight excluding hydrogens is 439 g/mol. The number of hydrogen-bond donors (Lipinski definition) is 0. The third kappa shape index (κ3) is 4.11. The summed E-state index contributed by atoms with van der Waals surface area (Å²) in [6, 6.07) is 7.91. The molecule has 1 aliphatic heterocycles. The lowest BCUT2D eigenvalue weighted by Crippen LogP contribution is -2.48. The fourth-order valence-corrected chi connectivity index (χ4v) is 6.96. The zero-order valence-electron chi connectivity index (χ0n) is 16.9. The number of rotatable bonds is 5. The molecule has 1 saturated carbocycles. The van der Waals surface area contributed by atoms with Gasteiger partial charge in [-0.15, -0.1) is 11.3 Å². The summed E-state index contributed by atoms with van der Waals surface area (Å²) >= 11 is 1.18. The molecule has 7 nitrogen and oxygen atoms in total. The Balaban J connectivity index is 1.27. The van der Waals surface area contributed by atoms with E-state index in [0.29, 0.717) is 49.4 Å². The Morgan fingerprint density at radius 2 is 1.77 bits per heavy atom. The largest absolute Gasteiger partial charge is 0.369 e. The molecule has 0 unspecified atom stereocenters. The lowest BCUT2D eigenvalue weighted by atomic mass is 10.1. The first-order valence-corrected chi connectivity index (χ1v) is 12.8. The summed E-state index contributed by atoms with van der Waals surface area (Å²) in [4.78, 5) is 6.57. The molecule has 31 heavy (non-hydrogen) atoms. The number of anilines is 1. The third-order valence-corrected chi connectivity index (χ3v) is 9.32. The molecule has 0 spiro atoms. The van der Waals surface area contributed by atoms with Crippen LogP contribution in [0.15, 0.2) is 44.4 Å². The Kier molecular flexibility index (Phi) is 5.53. The number of aromatic nitrogens is 2. The molecule has 0 radical (unpaired) electrons. The standard InChI is InChI=1S/C21H23FN4O3S2/c22-17-5-7-18(8-6-17)25-9-11-26(12-10-25)31(27,28)19-13-16(14-30-19)20-23-21(29-24-20)15-3-1-2-4-15/h5-8,13-15H,1-4,9-12H2. The molecule has 0 atom stereocenters. The third-order valence-electron chi connectivity index (χ3n) is 6.00. The highest BCUT2D eigenvalue weighted by atomic mass is 32.2. The van der Waals surface area contributed by atoms with Gasteiger partial charge in [0.1, 0.15) is 10.0 Å². The van der Waals surface area contributed by atoms with Crippen molar-refractivity contribution in [2.24, 2.45) is 0 Å². The van der Waals surface area contributed by atoms with E-state index in [1.165, 1.54) is 40.6 Å². The number of sulfonamides is 1. The van der Waals surface area contributed by atoms with Gasteiger partial charge in [0.25, 0.3) is 10.0 Å². The molecule has 2 fully saturated rings. The van der Waals surface area contributed by atoms with Crippen LogP contribution < -0.4 is 4.90 Å². The zero-order chi connectivity index (χ0) is 21.4. The van der Waals surface area contributed by atoms with E-state index in [9.17, 15) is 12.8 Å². The van der Waals surface area contributed by atoms with Crippen molar-refractivity contribution < 1.29 is 17.3 Å². The van der Waals surface area contributed by atoms with Crippen molar-refractivity contribution in [1.29, 1.82) is 0 Å². The van der Waals surface area contributed by atoms with Crippen LogP contribution in [-0.2, 0) is 10.0 Å². The van der Waals surface area contributed by atoms with Crippen molar-refractivity contribution in [2.45, 2.75) is 35.8 Å². The number of thiophene rings is 1. The van der Waals surface area contributed by atoms with Crippen LogP contribution in [-0.4, -0.2) is 49.0 Å². The van der Waals surface area contributed by atoms with Crippen LogP contribution in [0.3, 0.4) is 0 Å². The van der Waals surface area contributed by atoms with Gasteiger partial charge in [-0.1, -0.05) is 18.0 Å². The van der Waals surface area contributed by atoms with E-state index in [-0.39, 0.29) is 10.0 Å². The SMILES string of the molecule is O=S(=O)(c1cc(-c2noc(C3CCCC3)n2)cs1)N1CCN(c2ccc(F)cc2)CC1. The highest BCUT2D eigenvalue weighted by Gasteiger charge is 2.31. The van der Waals surface area contributed by atoms with E-state index in [1.807, 2.05) is 0 Å². The van der Waals surface area contributed by atoms with E-state index in [2.05, 4.69) is 15.0 Å². The number of nitrogens with zero attached hydrogens (tertiary/aromatic N) is 4. The minimum absolute atomic E-state index is 0.282. The molecule has 2 aliphatic rings. The van der Waals surface area contributed by atoms with Gasteiger partial charge in [-0.25, -0.2) is 12.8 Å². The second-order valence-corrected chi connectivity index (χ2v) is 11.0. The maximum absolute atomic E-state index is 13.1. The Hall–Kier alpha value is -2.30. The fourth-order valence-electron chi connectivity index (χ4n) is 4.23. The molecule has 0 bridgehead atoms. The number of piperazine rings is 1. The molecule has 164 valence electrons. The first-order chi connectivity index (χ1) is 15.0. The second kappa shape index (κ2) is 8.33. The first-order valence-electron chi connectivity index (χ1n) is 10.4. The Bertz CT molecular complexity index is 1150. The van der Waals surface area contributed by atoms with Crippen LogP contribution in [0.25, 0.3) is 11.4 Å². The molecule has 5 rings (SSSR count). The van der Waals surface area contributed by atoms with Gasteiger partial charge >= 0.3 is 0 Å². The van der Waals surface area contributed by atoms with Crippen molar-refractivity contribution in [3.8, 4) is 11.4 Å². The second-order valence-electron chi connectivity index (χ2n) is 7.96. The van der Waals surface area contributed by atoms with Gasteiger partial charge in [0.15, 0.2) is 0 Å². The topological polar surface area (TPSA) is 79.5 Å². The fraction of sp³-hybridized carbons (Fsp3) is 0.429. The van der Waals surface area contributed by atoms with Crippen molar-refractivity contribution >= 4 is 27.0 Å². The monoisotopic (exact) mass is 462 g/mol. The van der Waals surface area contributed by atoms with E-state index in [1.54, 1.807) is 23.6 Å². The van der Waals surface area contributed by atoms with Crippen LogP contribution in [0, 0.1) is 5.82 Å². The number of hydrogen-bond acceptors (Lipinski definition) is 7. The Labute approximate surface area is 184 Å². The minimum Gasteiger partial charge on any atom is -0.369 e. The van der Waals surface area contributed by atoms with E-state index in [0.717, 1.165) is 18.5 Å². The lowest BCUT2D eigenvalue weighted by molar-refractivity contribution is 0.354. The van der Waals surface area contributed by atoms with Crippen LogP contribution in [0.1, 0.15) is 37.5 Å². The molecule has 3 heterocycles. The van der Waals surface area contributed by atoms with E-state index < -0.39 is 10.0 Å². The molecule has 1 aromatic carbocycles. The Morgan fingerprint density at radius 3 is 2.48 bits per heavy atom. The quantitative estimate of drug-likeness (QED) is 0.568. The van der Waals surface area contributed by atoms with Crippen LogP contribution in [0.4, 0.5) is 10.1 Å². The van der Waals surface area contributed by atoms with Crippen molar-refractivity contribution in [2.75, 3.05) is 31.1 Å². The normalized spacial score (nSPS) is 18.7. The van der Waals surface area contributed by atoms with Crippen molar-refractivity contribution in [3.05, 3.63) is 47.4 Å². The molecule has 0 amide bonds. The van der Waals surface area contributed by atoms with E-state index in [4.69, 9.17) is 4.52 Å². The smallest absolute Gasteiger partial charge is 0.252 e. The predicted molar refractivity (Wildman–Crippen MR) is 116 cm³/mol. The lowest BCUT2D eigenvalue weighted by Gasteiger charge is -2.35. The van der Waals surface area contributed by atoms with Crippen LogP contribution in [0.2, 0.25) is 0 Å². The Morgan fingerprint density at radius 1 is 1.06 bits per heavy atom. The van der Waals surface area contributed by atoms with Gasteiger partial charge in [0.05, 0.1) is 0 Å². The summed E-state index contributed by atoms with van der Waals surface area (Å²) in [5.41, 5.74) is 1.56. The van der Waals surface area contributed by atoms with Gasteiger partial charge in [-0.2, -0.15) is 9.29 Å². The van der Waals surface area contributed by atoms with Crippen LogP contribution >= 0.6 is 11.3 Å². The molecule has 1 aliphatic carbocycles. The molecular formula is C21H23FN4O3S2. The predicted octanol–water partition coefficient (Wildman–Crippen LogP) is 4.11. The van der Waals surface area contributed by atoms with Gasteiger partial charge in [-0.3, -0.25) is 0 Å². The number of halogens is 1.